The van der Waals surface area contributed by atoms with Crippen LogP contribution in [0.4, 0.5) is 9.52 Å². The van der Waals surface area contributed by atoms with Gasteiger partial charge in [0.05, 0.1) is 16.8 Å². The number of aromatic nitrogens is 3. The van der Waals surface area contributed by atoms with Gasteiger partial charge in [-0.2, -0.15) is 0 Å². The maximum Gasteiger partial charge on any atom is 0.258 e. The Bertz CT molecular complexity index is 1380. The Kier molecular flexibility index (Phi) is 3.88. The van der Waals surface area contributed by atoms with Crippen molar-refractivity contribution in [2.75, 3.05) is 12.3 Å². The van der Waals surface area contributed by atoms with Crippen LogP contribution in [-0.4, -0.2) is 33.2 Å². The molecule has 10 heteroatoms. The maximum absolute atomic E-state index is 14.7. The lowest BCUT2D eigenvalue weighted by molar-refractivity contribution is -0.125. The molecule has 2 aromatic heterocycles. The molecule has 0 unspecified atom stereocenters. The Hall–Kier alpha value is -3.40. The first-order valence-electron chi connectivity index (χ1n) is 9.97. The largest absolute Gasteiger partial charge is 0.489 e. The van der Waals surface area contributed by atoms with Gasteiger partial charge in [-0.3, -0.25) is 4.79 Å². The molecular weight excluding hydrogens is 421 g/mol. The third-order valence-corrected chi connectivity index (χ3v) is 6.50. The molecule has 1 saturated carbocycles. The third kappa shape index (κ3) is 2.97. The molecule has 4 aromatic rings. The Balaban J connectivity index is 1.48. The van der Waals surface area contributed by atoms with Crippen LogP contribution in [0.2, 0.25) is 0 Å². The monoisotopic (exact) mass is 439 g/mol. The second kappa shape index (κ2) is 6.55. The van der Waals surface area contributed by atoms with Crippen LogP contribution in [0.15, 0.2) is 24.3 Å². The summed E-state index contributed by atoms with van der Waals surface area (Å²) < 4.78 is 29.1. The summed E-state index contributed by atoms with van der Waals surface area (Å²) in [6, 6.07) is 6.80. The second-order valence-electron chi connectivity index (χ2n) is 7.86. The molecule has 31 heavy (non-hydrogen) atoms. The minimum absolute atomic E-state index is 0.153. The predicted octanol–water partition coefficient (Wildman–Crippen LogP) is 3.07. The Morgan fingerprint density at radius 3 is 2.90 bits per heavy atom. The first-order valence-corrected chi connectivity index (χ1v) is 10.8. The van der Waals surface area contributed by atoms with Crippen molar-refractivity contribution < 1.29 is 18.7 Å². The fraction of sp³-hybridized carbons (Fsp3) is 0.286. The van der Waals surface area contributed by atoms with E-state index in [1.165, 1.54) is 17.4 Å². The van der Waals surface area contributed by atoms with Gasteiger partial charge in [-0.15, -0.1) is 0 Å². The van der Waals surface area contributed by atoms with Gasteiger partial charge in [0.2, 0.25) is 0 Å². The molecule has 158 valence electrons. The quantitative estimate of drug-likeness (QED) is 0.493. The zero-order valence-corrected chi connectivity index (χ0v) is 17.1. The van der Waals surface area contributed by atoms with Crippen LogP contribution in [0.1, 0.15) is 12.8 Å². The van der Waals surface area contributed by atoms with Crippen molar-refractivity contribution in [1.82, 2.24) is 14.5 Å². The van der Waals surface area contributed by atoms with Crippen molar-refractivity contribution in [3.05, 3.63) is 30.1 Å². The molecule has 2 aliphatic rings. The predicted molar refractivity (Wildman–Crippen MR) is 115 cm³/mol. The summed E-state index contributed by atoms with van der Waals surface area (Å²) in [7, 11) is 0. The number of amides is 1. The number of thiazole rings is 1. The molecule has 0 radical (unpaired) electrons. The van der Waals surface area contributed by atoms with Gasteiger partial charge in [0.1, 0.15) is 35.0 Å². The highest BCUT2D eigenvalue weighted by atomic mass is 32.1. The van der Waals surface area contributed by atoms with Crippen molar-refractivity contribution >= 4 is 43.6 Å². The van der Waals surface area contributed by atoms with E-state index in [-0.39, 0.29) is 11.4 Å². The first kappa shape index (κ1) is 18.4. The number of ether oxygens (including phenoxy) is 2. The number of carbonyl (C=O) groups excluding carboxylic acids is 1. The average Bonchev–Trinajstić information content (AvgIpc) is 3.39. The van der Waals surface area contributed by atoms with E-state index in [4.69, 9.17) is 25.9 Å². The lowest BCUT2D eigenvalue weighted by Crippen LogP contribution is -2.35. The lowest BCUT2D eigenvalue weighted by atomic mass is 10.2. The van der Waals surface area contributed by atoms with E-state index in [0.29, 0.717) is 51.4 Å². The summed E-state index contributed by atoms with van der Waals surface area (Å²) in [5.74, 6) is 0.952. The van der Waals surface area contributed by atoms with Gasteiger partial charge in [0.25, 0.3) is 5.91 Å². The number of primary amides is 1. The summed E-state index contributed by atoms with van der Waals surface area (Å²) in [6.45, 7) is 1.02. The highest BCUT2D eigenvalue weighted by molar-refractivity contribution is 7.22. The van der Waals surface area contributed by atoms with E-state index in [9.17, 15) is 9.18 Å². The number of hydrogen-bond acceptors (Lipinski definition) is 7. The number of imidazole rings is 1. The number of benzene rings is 2. The summed E-state index contributed by atoms with van der Waals surface area (Å²) in [5.41, 5.74) is 13.6. The number of nitrogen functional groups attached to an aromatic ring is 1. The van der Waals surface area contributed by atoms with Crippen LogP contribution < -0.4 is 20.9 Å². The number of rotatable bonds is 5. The Morgan fingerprint density at radius 1 is 1.29 bits per heavy atom. The molecule has 3 heterocycles. The van der Waals surface area contributed by atoms with Gasteiger partial charge in [-0.1, -0.05) is 11.3 Å². The van der Waals surface area contributed by atoms with E-state index >= 15 is 0 Å². The van der Waals surface area contributed by atoms with E-state index < -0.39 is 17.8 Å². The minimum Gasteiger partial charge on any atom is -0.489 e. The summed E-state index contributed by atoms with van der Waals surface area (Å²) in [5, 5.41) is 0.317. The normalized spacial score (nSPS) is 16.4. The number of nitrogens with two attached hydrogens (primary N) is 2. The number of halogens is 1. The topological polar surface area (TPSA) is 118 Å². The van der Waals surface area contributed by atoms with Crippen LogP contribution >= 0.6 is 11.3 Å². The van der Waals surface area contributed by atoms with Gasteiger partial charge >= 0.3 is 0 Å². The summed E-state index contributed by atoms with van der Waals surface area (Å²) in [6.07, 6.45) is 1.19. The number of carbonyl (C=O) groups is 1. The molecule has 0 saturated heterocycles. The summed E-state index contributed by atoms with van der Waals surface area (Å²) >= 11 is 1.23. The van der Waals surface area contributed by atoms with Crippen molar-refractivity contribution in [1.29, 1.82) is 0 Å². The number of nitrogens with zero attached hydrogens (tertiary/aromatic N) is 3. The zero-order chi connectivity index (χ0) is 21.3. The van der Waals surface area contributed by atoms with Crippen molar-refractivity contribution in [3.8, 4) is 22.9 Å². The van der Waals surface area contributed by atoms with Gasteiger partial charge in [0, 0.05) is 23.6 Å². The molecular formula is C21H18FN5O3S. The first-order chi connectivity index (χ1) is 15.0. The molecule has 1 aliphatic heterocycles. The average molecular weight is 439 g/mol. The number of anilines is 1. The minimum atomic E-state index is -0.664. The third-order valence-electron chi connectivity index (χ3n) is 5.67. The van der Waals surface area contributed by atoms with E-state index in [1.807, 2.05) is 10.6 Å². The van der Waals surface area contributed by atoms with Crippen LogP contribution in [0.5, 0.6) is 11.5 Å². The Labute approximate surface area is 179 Å². The lowest BCUT2D eigenvalue weighted by Gasteiger charge is -2.20. The highest BCUT2D eigenvalue weighted by Crippen LogP contribution is 2.40. The zero-order valence-electron chi connectivity index (χ0n) is 16.3. The molecule has 4 N–H and O–H groups in total. The van der Waals surface area contributed by atoms with Gasteiger partial charge in [-0.25, -0.2) is 14.4 Å². The van der Waals surface area contributed by atoms with Crippen LogP contribution in [0.25, 0.3) is 32.6 Å². The van der Waals surface area contributed by atoms with E-state index in [0.717, 1.165) is 18.4 Å². The van der Waals surface area contributed by atoms with Gasteiger partial charge in [-0.05, 0) is 25.0 Å². The highest BCUT2D eigenvalue weighted by Gasteiger charge is 2.37. The molecule has 1 aliphatic carbocycles. The molecule has 2 aromatic carbocycles. The fourth-order valence-electron chi connectivity index (χ4n) is 4.14. The molecule has 6 rings (SSSR count). The van der Waals surface area contributed by atoms with Crippen LogP contribution in [0, 0.1) is 11.7 Å². The van der Waals surface area contributed by atoms with E-state index in [2.05, 4.69) is 4.98 Å². The van der Waals surface area contributed by atoms with Crippen molar-refractivity contribution in [2.45, 2.75) is 25.5 Å². The standard InChI is InChI=1S/C21H18FN5O3S/c22-12-5-10(6-15-16(12)26-21(24)31-15)20-25-13-7-11(30-18(19(23)28)9-1-2-9)8-14-17(13)27(20)3-4-29-14/h5-9,18H,1-4H2,(H2,23,28)(H2,24,26)/t18-/m1/s1. The molecule has 1 amide bonds. The summed E-state index contributed by atoms with van der Waals surface area (Å²) in [4.78, 5) is 20.6. The van der Waals surface area contributed by atoms with Crippen LogP contribution in [-0.2, 0) is 11.3 Å². The molecule has 1 atom stereocenters. The fourth-order valence-corrected chi connectivity index (χ4v) is 4.92. The van der Waals surface area contributed by atoms with Gasteiger partial charge < -0.3 is 25.5 Å². The number of fused-ring (bicyclic) bond motifs is 1. The van der Waals surface area contributed by atoms with Crippen LogP contribution in [0.3, 0.4) is 0 Å². The molecule has 8 nitrogen and oxygen atoms in total. The second-order valence-corrected chi connectivity index (χ2v) is 8.92. The van der Waals surface area contributed by atoms with Gasteiger partial charge in [0.15, 0.2) is 17.1 Å². The van der Waals surface area contributed by atoms with Crippen molar-refractivity contribution in [2.24, 2.45) is 11.7 Å². The molecule has 0 bridgehead atoms. The smallest absolute Gasteiger partial charge is 0.258 e. The maximum atomic E-state index is 14.7. The Morgan fingerprint density at radius 2 is 2.13 bits per heavy atom. The SMILES string of the molecule is NC(=O)[C@H](Oc1cc2c3c(c1)nc(-c1cc(F)c4nc(N)sc4c1)n3CCO2)C1CC1. The van der Waals surface area contributed by atoms with Crippen molar-refractivity contribution in [3.63, 3.8) is 0 Å². The molecule has 0 spiro atoms. The van der Waals surface area contributed by atoms with E-state index in [1.54, 1.807) is 12.1 Å². The molecule has 1 fully saturated rings. The number of hydrogen-bond donors (Lipinski definition) is 2.